The number of hydrogen-bond donors (Lipinski definition) is 1. The van der Waals surface area contributed by atoms with Crippen LogP contribution in [0.5, 0.6) is 0 Å². The maximum Gasteiger partial charge on any atom is 0.104 e. The summed E-state index contributed by atoms with van der Waals surface area (Å²) in [5.74, 6) is 5.66. The largest absolute Gasteiger partial charge is 0.384 e. The van der Waals surface area contributed by atoms with Crippen molar-refractivity contribution in [2.45, 2.75) is 13.5 Å². The fraction of sp³-hybridized carbons (Fsp3) is 0.500. The average Bonchev–Trinajstić information content (AvgIpc) is 2.46. The molecule has 19 heavy (non-hydrogen) atoms. The van der Waals surface area contributed by atoms with Crippen molar-refractivity contribution >= 4 is 0 Å². The number of aliphatic hydroxyl groups is 1. The van der Waals surface area contributed by atoms with Crippen molar-refractivity contribution in [3.8, 4) is 11.8 Å². The first-order chi connectivity index (χ1) is 9.31. The topological polar surface area (TPSA) is 26.7 Å². The summed E-state index contributed by atoms with van der Waals surface area (Å²) in [6, 6.07) is 8.30. The number of benzene rings is 1. The molecule has 0 unspecified atom stereocenters. The molecule has 0 spiro atoms. The minimum Gasteiger partial charge on any atom is -0.384 e. The van der Waals surface area contributed by atoms with Gasteiger partial charge in [-0.05, 0) is 24.2 Å². The summed E-state index contributed by atoms with van der Waals surface area (Å²) in [6.45, 7) is 8.90. The molecule has 102 valence electrons. The average molecular weight is 258 g/mol. The zero-order valence-electron chi connectivity index (χ0n) is 11.6. The van der Waals surface area contributed by atoms with Crippen molar-refractivity contribution in [3.63, 3.8) is 0 Å². The van der Waals surface area contributed by atoms with Crippen LogP contribution in [-0.4, -0.2) is 54.2 Å². The fourth-order valence-electron chi connectivity index (χ4n) is 2.41. The van der Waals surface area contributed by atoms with E-state index < -0.39 is 0 Å². The normalized spacial score (nSPS) is 16.9. The number of rotatable bonds is 3. The van der Waals surface area contributed by atoms with Crippen LogP contribution in [0.25, 0.3) is 0 Å². The Hall–Kier alpha value is -1.34. The zero-order chi connectivity index (χ0) is 13.5. The second-order valence-corrected chi connectivity index (χ2v) is 4.87. The predicted octanol–water partition coefficient (Wildman–Crippen LogP) is 1.17. The Labute approximate surface area is 115 Å². The van der Waals surface area contributed by atoms with Crippen LogP contribution >= 0.6 is 0 Å². The SMILES string of the molecule is CCN1CCN(Cc2cccc(C#CCO)c2)CC1. The first-order valence-electron chi connectivity index (χ1n) is 6.95. The summed E-state index contributed by atoms with van der Waals surface area (Å²) in [7, 11) is 0. The fourth-order valence-corrected chi connectivity index (χ4v) is 2.41. The molecule has 1 N–H and O–H groups in total. The van der Waals surface area contributed by atoms with Gasteiger partial charge in [-0.3, -0.25) is 4.90 Å². The van der Waals surface area contributed by atoms with Crippen LogP contribution in [0.1, 0.15) is 18.1 Å². The van der Waals surface area contributed by atoms with Gasteiger partial charge in [0.2, 0.25) is 0 Å². The second kappa shape index (κ2) is 7.30. The van der Waals surface area contributed by atoms with Crippen molar-refractivity contribution in [1.29, 1.82) is 0 Å². The lowest BCUT2D eigenvalue weighted by Gasteiger charge is -2.34. The third-order valence-electron chi connectivity index (χ3n) is 3.56. The van der Waals surface area contributed by atoms with Crippen LogP contribution in [0, 0.1) is 11.8 Å². The Morgan fingerprint density at radius 2 is 1.89 bits per heavy atom. The summed E-state index contributed by atoms with van der Waals surface area (Å²) >= 11 is 0. The second-order valence-electron chi connectivity index (χ2n) is 4.87. The van der Waals surface area contributed by atoms with Gasteiger partial charge in [0.1, 0.15) is 6.61 Å². The van der Waals surface area contributed by atoms with Crippen LogP contribution in [0.4, 0.5) is 0 Å². The Balaban J connectivity index is 1.92. The molecule has 0 aliphatic carbocycles. The molecule has 1 heterocycles. The third-order valence-corrected chi connectivity index (χ3v) is 3.56. The number of piperazine rings is 1. The van der Waals surface area contributed by atoms with Gasteiger partial charge in [0, 0.05) is 38.3 Å². The van der Waals surface area contributed by atoms with Crippen LogP contribution in [-0.2, 0) is 6.54 Å². The van der Waals surface area contributed by atoms with Gasteiger partial charge in [-0.2, -0.15) is 0 Å². The van der Waals surface area contributed by atoms with Gasteiger partial charge in [0.15, 0.2) is 0 Å². The monoisotopic (exact) mass is 258 g/mol. The van der Waals surface area contributed by atoms with E-state index in [0.717, 1.165) is 31.7 Å². The number of aliphatic hydroxyl groups excluding tert-OH is 1. The molecule has 1 saturated heterocycles. The van der Waals surface area contributed by atoms with Crippen molar-refractivity contribution in [2.75, 3.05) is 39.3 Å². The predicted molar refractivity (Wildman–Crippen MR) is 77.8 cm³/mol. The molecule has 3 heteroatoms. The highest BCUT2D eigenvalue weighted by Crippen LogP contribution is 2.10. The van der Waals surface area contributed by atoms with Crippen LogP contribution in [0.3, 0.4) is 0 Å². The van der Waals surface area contributed by atoms with E-state index in [1.807, 2.05) is 12.1 Å². The van der Waals surface area contributed by atoms with Gasteiger partial charge < -0.3 is 10.0 Å². The summed E-state index contributed by atoms with van der Waals surface area (Å²) in [5.41, 5.74) is 2.29. The molecule has 2 rings (SSSR count). The highest BCUT2D eigenvalue weighted by Gasteiger charge is 2.15. The van der Waals surface area contributed by atoms with Gasteiger partial charge in [0.05, 0.1) is 0 Å². The van der Waals surface area contributed by atoms with Crippen LogP contribution in [0.2, 0.25) is 0 Å². The molecule has 0 aromatic heterocycles. The minimum absolute atomic E-state index is 0.0802. The van der Waals surface area contributed by atoms with Gasteiger partial charge in [-0.15, -0.1) is 0 Å². The molecule has 1 aliphatic heterocycles. The Kier molecular flexibility index (Phi) is 5.41. The molecule has 0 amide bonds. The first kappa shape index (κ1) is 14.1. The molecule has 1 aliphatic rings. The summed E-state index contributed by atoms with van der Waals surface area (Å²) in [4.78, 5) is 4.98. The number of likely N-dealkylation sites (N-methyl/N-ethyl adjacent to an activating group) is 1. The van der Waals surface area contributed by atoms with E-state index in [4.69, 9.17) is 5.11 Å². The van der Waals surface area contributed by atoms with Crippen molar-refractivity contribution in [2.24, 2.45) is 0 Å². The third kappa shape index (κ3) is 4.36. The molecular formula is C16H22N2O. The Morgan fingerprint density at radius 1 is 1.16 bits per heavy atom. The molecule has 0 saturated carbocycles. The molecule has 0 atom stereocenters. The summed E-state index contributed by atoms with van der Waals surface area (Å²) in [6.07, 6.45) is 0. The summed E-state index contributed by atoms with van der Waals surface area (Å²) < 4.78 is 0. The van der Waals surface area contributed by atoms with E-state index >= 15 is 0 Å². The molecular weight excluding hydrogens is 236 g/mol. The van der Waals surface area contributed by atoms with E-state index in [1.165, 1.54) is 18.7 Å². The van der Waals surface area contributed by atoms with Gasteiger partial charge in [0.25, 0.3) is 0 Å². The smallest absolute Gasteiger partial charge is 0.104 e. The lowest BCUT2D eigenvalue weighted by atomic mass is 10.1. The minimum atomic E-state index is -0.0802. The molecule has 1 aromatic rings. The van der Waals surface area contributed by atoms with E-state index in [9.17, 15) is 0 Å². The van der Waals surface area contributed by atoms with Gasteiger partial charge in [-0.1, -0.05) is 30.9 Å². The molecule has 0 radical (unpaired) electrons. The molecule has 0 bridgehead atoms. The Bertz CT molecular complexity index is 453. The van der Waals surface area contributed by atoms with Crippen molar-refractivity contribution in [3.05, 3.63) is 35.4 Å². The van der Waals surface area contributed by atoms with Gasteiger partial charge in [-0.25, -0.2) is 0 Å². The number of nitrogens with zero attached hydrogens (tertiary/aromatic N) is 2. The van der Waals surface area contributed by atoms with E-state index in [1.54, 1.807) is 0 Å². The van der Waals surface area contributed by atoms with Crippen molar-refractivity contribution in [1.82, 2.24) is 9.80 Å². The maximum atomic E-state index is 8.72. The highest BCUT2D eigenvalue weighted by atomic mass is 16.2. The summed E-state index contributed by atoms with van der Waals surface area (Å²) in [5, 5.41) is 8.72. The highest BCUT2D eigenvalue weighted by molar-refractivity contribution is 5.37. The molecule has 1 fully saturated rings. The lowest BCUT2D eigenvalue weighted by molar-refractivity contribution is 0.132. The Morgan fingerprint density at radius 3 is 2.58 bits per heavy atom. The van der Waals surface area contributed by atoms with Gasteiger partial charge >= 0.3 is 0 Å². The van der Waals surface area contributed by atoms with E-state index in [2.05, 4.69) is 40.7 Å². The van der Waals surface area contributed by atoms with E-state index in [0.29, 0.717) is 0 Å². The quantitative estimate of drug-likeness (QED) is 0.825. The zero-order valence-corrected chi connectivity index (χ0v) is 11.6. The van der Waals surface area contributed by atoms with Crippen LogP contribution in [0.15, 0.2) is 24.3 Å². The standard InChI is InChI=1S/C16H22N2O/c1-2-17-8-10-18(11-9-17)14-16-6-3-5-15(13-16)7-4-12-19/h3,5-6,13,19H,2,8-12,14H2,1H3. The molecule has 3 nitrogen and oxygen atoms in total. The van der Waals surface area contributed by atoms with Crippen LogP contribution < -0.4 is 0 Å². The maximum absolute atomic E-state index is 8.72. The number of hydrogen-bond acceptors (Lipinski definition) is 3. The lowest BCUT2D eigenvalue weighted by Crippen LogP contribution is -2.45. The van der Waals surface area contributed by atoms with Crippen molar-refractivity contribution < 1.29 is 5.11 Å². The first-order valence-corrected chi connectivity index (χ1v) is 6.95. The molecule has 1 aromatic carbocycles. The van der Waals surface area contributed by atoms with E-state index in [-0.39, 0.29) is 6.61 Å².